The van der Waals surface area contributed by atoms with Crippen LogP contribution in [-0.2, 0) is 9.47 Å². The lowest BCUT2D eigenvalue weighted by atomic mass is 10.2. The summed E-state index contributed by atoms with van der Waals surface area (Å²) in [5.41, 5.74) is 7.60. The summed E-state index contributed by atoms with van der Waals surface area (Å²) >= 11 is 0. The maximum Gasteiger partial charge on any atom is 0.228 e. The van der Waals surface area contributed by atoms with E-state index in [0.29, 0.717) is 30.1 Å². The highest BCUT2D eigenvalue weighted by molar-refractivity contribution is 5.66. The molecule has 6 heterocycles. The van der Waals surface area contributed by atoms with E-state index in [9.17, 15) is 0 Å². The van der Waals surface area contributed by atoms with Crippen LogP contribution in [0.15, 0.2) is 24.4 Å². The second kappa shape index (κ2) is 5.77. The topological polar surface area (TPSA) is 89.6 Å². The Morgan fingerprint density at radius 3 is 2.30 bits per heavy atom. The Hall–Kier alpha value is -2.45. The van der Waals surface area contributed by atoms with Crippen molar-refractivity contribution >= 4 is 17.6 Å². The Bertz CT molecular complexity index is 829. The molecule has 27 heavy (non-hydrogen) atoms. The normalized spacial score (nSPS) is 31.3. The molecule has 8 heteroatoms. The molecule has 0 spiro atoms. The van der Waals surface area contributed by atoms with Crippen LogP contribution in [0, 0.1) is 0 Å². The van der Waals surface area contributed by atoms with Gasteiger partial charge in [-0.15, -0.1) is 0 Å². The van der Waals surface area contributed by atoms with Crippen LogP contribution < -0.4 is 15.5 Å². The predicted octanol–water partition coefficient (Wildman–Crippen LogP) is 1.08. The lowest BCUT2D eigenvalue weighted by Gasteiger charge is -2.31. The van der Waals surface area contributed by atoms with Crippen molar-refractivity contribution in [2.24, 2.45) is 0 Å². The summed E-state index contributed by atoms with van der Waals surface area (Å²) in [7, 11) is 0. The van der Waals surface area contributed by atoms with E-state index in [1.165, 1.54) is 0 Å². The average Bonchev–Trinajstić information content (AvgIpc) is 3.49. The fraction of sp³-hybridized carbons (Fsp3) is 0.526. The van der Waals surface area contributed by atoms with Crippen molar-refractivity contribution in [3.63, 3.8) is 0 Å². The van der Waals surface area contributed by atoms with Crippen LogP contribution in [0.1, 0.15) is 12.8 Å². The molecule has 4 atom stereocenters. The van der Waals surface area contributed by atoms with Crippen LogP contribution in [-0.4, -0.2) is 65.5 Å². The van der Waals surface area contributed by atoms with E-state index in [1.807, 2.05) is 12.1 Å². The molecule has 2 aromatic rings. The van der Waals surface area contributed by atoms with Gasteiger partial charge in [0.25, 0.3) is 0 Å². The van der Waals surface area contributed by atoms with E-state index in [-0.39, 0.29) is 0 Å². The maximum absolute atomic E-state index is 5.77. The first-order valence-corrected chi connectivity index (χ1v) is 9.60. The summed E-state index contributed by atoms with van der Waals surface area (Å²) in [6.07, 6.45) is 4.56. The molecular weight excluding hydrogens is 344 g/mol. The van der Waals surface area contributed by atoms with Gasteiger partial charge in [-0.2, -0.15) is 4.98 Å². The van der Waals surface area contributed by atoms with Crippen molar-refractivity contribution in [2.75, 3.05) is 41.8 Å². The van der Waals surface area contributed by atoms with Gasteiger partial charge in [0.1, 0.15) is 11.6 Å². The van der Waals surface area contributed by atoms with Crippen LogP contribution in [0.2, 0.25) is 0 Å². The molecule has 0 radical (unpaired) electrons. The average molecular weight is 366 g/mol. The fourth-order valence-electron chi connectivity index (χ4n) is 4.73. The quantitative estimate of drug-likeness (QED) is 0.863. The zero-order chi connectivity index (χ0) is 18.0. The van der Waals surface area contributed by atoms with E-state index >= 15 is 0 Å². The molecule has 0 unspecified atom stereocenters. The number of fused-ring (bicyclic) bond motifs is 4. The first-order chi connectivity index (χ1) is 13.2. The molecule has 4 saturated heterocycles. The number of nitrogens with two attached hydrogens (primary N) is 1. The number of ether oxygens (including phenoxy) is 2. The first-order valence-electron chi connectivity index (χ1n) is 9.60. The third-order valence-corrected chi connectivity index (χ3v) is 6.13. The number of aromatic nitrogens is 3. The molecule has 4 aliphatic rings. The number of pyridine rings is 1. The lowest BCUT2D eigenvalue weighted by molar-refractivity contribution is 0.0982. The van der Waals surface area contributed by atoms with Gasteiger partial charge < -0.3 is 25.0 Å². The smallest absolute Gasteiger partial charge is 0.228 e. The van der Waals surface area contributed by atoms with E-state index in [1.54, 1.807) is 6.20 Å². The van der Waals surface area contributed by atoms with Crippen LogP contribution in [0.25, 0.3) is 11.3 Å². The Labute approximate surface area is 157 Å². The Balaban J connectivity index is 1.42. The van der Waals surface area contributed by atoms with Crippen molar-refractivity contribution in [1.82, 2.24) is 15.0 Å². The van der Waals surface area contributed by atoms with Crippen molar-refractivity contribution in [1.29, 1.82) is 0 Å². The fourth-order valence-corrected chi connectivity index (χ4v) is 4.73. The van der Waals surface area contributed by atoms with Gasteiger partial charge in [-0.05, 0) is 25.0 Å². The van der Waals surface area contributed by atoms with Crippen molar-refractivity contribution in [3.05, 3.63) is 24.4 Å². The molecule has 0 aliphatic carbocycles. The largest absolute Gasteiger partial charge is 0.384 e. The molecule has 6 rings (SSSR count). The summed E-state index contributed by atoms with van der Waals surface area (Å²) in [4.78, 5) is 18.8. The van der Waals surface area contributed by atoms with Crippen LogP contribution in [0.3, 0.4) is 0 Å². The molecular formula is C19H22N6O2. The SMILES string of the molecule is Nc1ccc(-c2cc(N3C[C@@H]4C[C@H]3CO4)nc(N3C[C@@H]4C[C@H]3CO4)n2)cn1. The second-order valence-electron chi connectivity index (χ2n) is 7.88. The van der Waals surface area contributed by atoms with Gasteiger partial charge >= 0.3 is 0 Å². The van der Waals surface area contributed by atoms with Gasteiger partial charge in [0.05, 0.1) is 43.2 Å². The third-order valence-electron chi connectivity index (χ3n) is 6.13. The molecule has 0 aromatic carbocycles. The van der Waals surface area contributed by atoms with Crippen molar-refractivity contribution in [3.8, 4) is 11.3 Å². The first kappa shape index (κ1) is 15.6. The van der Waals surface area contributed by atoms with Crippen LogP contribution >= 0.6 is 0 Å². The molecule has 4 bridgehead atoms. The molecule has 4 aliphatic heterocycles. The standard InChI is InChI=1S/C19H22N6O2/c20-17-2-1-11(6-21-17)16-5-18(24-7-14-3-12(24)9-26-14)23-19(22-16)25-8-15-4-13(25)10-27-15/h1-2,5-6,12-15H,3-4,7-10H2,(H2,20,21)/t12-,13-,14-,15-/m0/s1. The Morgan fingerprint density at radius 1 is 0.963 bits per heavy atom. The summed E-state index contributed by atoms with van der Waals surface area (Å²) in [5, 5.41) is 0. The highest BCUT2D eigenvalue weighted by atomic mass is 16.5. The van der Waals surface area contributed by atoms with Gasteiger partial charge in [-0.25, -0.2) is 9.97 Å². The molecule has 2 N–H and O–H groups in total. The lowest BCUT2D eigenvalue weighted by Crippen LogP contribution is -2.40. The van der Waals surface area contributed by atoms with E-state index in [2.05, 4.69) is 20.9 Å². The minimum Gasteiger partial charge on any atom is -0.384 e. The zero-order valence-corrected chi connectivity index (χ0v) is 15.0. The molecule has 2 aromatic heterocycles. The number of nitrogens with zero attached hydrogens (tertiary/aromatic N) is 5. The van der Waals surface area contributed by atoms with E-state index < -0.39 is 0 Å². The van der Waals surface area contributed by atoms with Crippen LogP contribution in [0.4, 0.5) is 17.6 Å². The van der Waals surface area contributed by atoms with Gasteiger partial charge in [-0.3, -0.25) is 0 Å². The highest BCUT2D eigenvalue weighted by Gasteiger charge is 2.42. The number of hydrogen-bond acceptors (Lipinski definition) is 8. The summed E-state index contributed by atoms with van der Waals surface area (Å²) in [5.74, 6) is 2.28. The van der Waals surface area contributed by atoms with Gasteiger partial charge in [0.2, 0.25) is 5.95 Å². The Kier molecular flexibility index (Phi) is 3.33. The van der Waals surface area contributed by atoms with Crippen LogP contribution in [0.5, 0.6) is 0 Å². The zero-order valence-electron chi connectivity index (χ0n) is 15.0. The molecule has 0 amide bonds. The molecule has 0 saturated carbocycles. The van der Waals surface area contributed by atoms with Crippen molar-refractivity contribution < 1.29 is 9.47 Å². The summed E-state index contributed by atoms with van der Waals surface area (Å²) < 4.78 is 11.5. The molecule has 140 valence electrons. The van der Waals surface area contributed by atoms with Gasteiger partial charge in [0.15, 0.2) is 0 Å². The minimum absolute atomic E-state index is 0.306. The van der Waals surface area contributed by atoms with Gasteiger partial charge in [0, 0.05) is 30.9 Å². The predicted molar refractivity (Wildman–Crippen MR) is 101 cm³/mol. The minimum atomic E-state index is 0.306. The summed E-state index contributed by atoms with van der Waals surface area (Å²) in [6.45, 7) is 3.31. The van der Waals surface area contributed by atoms with E-state index in [0.717, 1.165) is 62.2 Å². The summed E-state index contributed by atoms with van der Waals surface area (Å²) in [6, 6.07) is 6.64. The maximum atomic E-state index is 5.77. The van der Waals surface area contributed by atoms with E-state index in [4.69, 9.17) is 25.2 Å². The Morgan fingerprint density at radius 2 is 1.70 bits per heavy atom. The number of nitrogen functional groups attached to an aromatic ring is 1. The van der Waals surface area contributed by atoms with Crippen molar-refractivity contribution in [2.45, 2.75) is 37.1 Å². The monoisotopic (exact) mass is 366 g/mol. The third kappa shape index (κ3) is 2.55. The molecule has 8 nitrogen and oxygen atoms in total. The highest BCUT2D eigenvalue weighted by Crippen LogP contribution is 2.36. The number of hydrogen-bond donors (Lipinski definition) is 1. The number of anilines is 3. The van der Waals surface area contributed by atoms with Gasteiger partial charge in [-0.1, -0.05) is 0 Å². The number of morpholine rings is 2. The second-order valence-corrected chi connectivity index (χ2v) is 7.88. The number of rotatable bonds is 3. The molecule has 4 fully saturated rings.